The Labute approximate surface area is 133 Å². The lowest BCUT2D eigenvalue weighted by atomic mass is 10.2. The maximum absolute atomic E-state index is 12.3. The lowest BCUT2D eigenvalue weighted by Crippen LogP contribution is -2.42. The highest BCUT2D eigenvalue weighted by Crippen LogP contribution is 2.18. The maximum Gasteiger partial charge on any atom is 0.323 e. The van der Waals surface area contributed by atoms with Crippen LogP contribution in [0, 0.1) is 6.92 Å². The number of aryl methyl sites for hydroxylation is 1. The zero-order valence-corrected chi connectivity index (χ0v) is 12.7. The van der Waals surface area contributed by atoms with Crippen LogP contribution in [0.4, 0.5) is 17.2 Å². The highest BCUT2D eigenvalue weighted by molar-refractivity contribution is 6.48. The number of nitrogens with one attached hydrogen (secondary N) is 1. The lowest BCUT2D eigenvalue weighted by molar-refractivity contribution is -0.136. The number of imide groups is 1. The van der Waals surface area contributed by atoms with Crippen molar-refractivity contribution >= 4 is 34.9 Å². The smallest absolute Gasteiger partial charge is 0.323 e. The van der Waals surface area contributed by atoms with Crippen LogP contribution in [-0.4, -0.2) is 22.7 Å². The summed E-state index contributed by atoms with van der Waals surface area (Å²) in [6, 6.07) is 9.48. The molecule has 0 saturated heterocycles. The van der Waals surface area contributed by atoms with Gasteiger partial charge in [-0.1, -0.05) is 12.1 Å². The molecular weight excluding hydrogens is 296 g/mol. The summed E-state index contributed by atoms with van der Waals surface area (Å²) < 4.78 is 0. The monoisotopic (exact) mass is 312 g/mol. The van der Waals surface area contributed by atoms with Gasteiger partial charge in [-0.2, -0.15) is 0 Å². The average Bonchev–Trinajstić information content (AvgIpc) is 2.49. The van der Waals surface area contributed by atoms with Gasteiger partial charge in [-0.3, -0.25) is 14.4 Å². The Bertz CT molecular complexity index is 756. The summed E-state index contributed by atoms with van der Waals surface area (Å²) in [5, 5.41) is 2.36. The number of nitrogen functional groups attached to an aromatic ring is 1. The molecule has 0 unspecified atom stereocenters. The molecule has 2 rings (SSSR count). The third-order valence-electron chi connectivity index (χ3n) is 2.99. The van der Waals surface area contributed by atoms with E-state index in [4.69, 9.17) is 5.73 Å². The molecule has 7 nitrogen and oxygen atoms in total. The number of carbonyl (C=O) groups excluding carboxylic acids is 3. The highest BCUT2D eigenvalue weighted by atomic mass is 16.2. The molecule has 0 aliphatic carbocycles. The first-order valence-corrected chi connectivity index (χ1v) is 6.82. The molecule has 7 heteroatoms. The fourth-order valence-electron chi connectivity index (χ4n) is 1.92. The van der Waals surface area contributed by atoms with E-state index in [1.165, 1.54) is 19.1 Å². The number of carbonyl (C=O) groups is 3. The van der Waals surface area contributed by atoms with Crippen LogP contribution in [-0.2, 0) is 14.4 Å². The van der Waals surface area contributed by atoms with Crippen LogP contribution in [0.1, 0.15) is 12.5 Å². The van der Waals surface area contributed by atoms with Crippen LogP contribution in [0.25, 0.3) is 0 Å². The van der Waals surface area contributed by atoms with Crippen molar-refractivity contribution in [2.24, 2.45) is 0 Å². The van der Waals surface area contributed by atoms with Gasteiger partial charge in [0.25, 0.3) is 0 Å². The van der Waals surface area contributed by atoms with E-state index in [9.17, 15) is 14.4 Å². The number of rotatable bonds is 2. The maximum atomic E-state index is 12.3. The predicted molar refractivity (Wildman–Crippen MR) is 86.6 cm³/mol. The molecule has 0 atom stereocenters. The minimum absolute atomic E-state index is 0.227. The molecule has 0 fully saturated rings. The molecule has 1 aromatic heterocycles. The quantitative estimate of drug-likeness (QED) is 0.645. The Morgan fingerprint density at radius 3 is 2.48 bits per heavy atom. The molecular formula is C16H16N4O3. The van der Waals surface area contributed by atoms with Crippen LogP contribution in [0.5, 0.6) is 0 Å². The van der Waals surface area contributed by atoms with Crippen LogP contribution >= 0.6 is 0 Å². The van der Waals surface area contributed by atoms with E-state index >= 15 is 0 Å². The fraction of sp³-hybridized carbons (Fsp3) is 0.125. The normalized spacial score (nSPS) is 10.0. The number of nitrogens with zero attached hydrogens (tertiary/aromatic N) is 2. The number of pyridine rings is 1. The number of benzene rings is 1. The van der Waals surface area contributed by atoms with E-state index < -0.39 is 17.7 Å². The molecule has 0 bridgehead atoms. The summed E-state index contributed by atoms with van der Waals surface area (Å²) in [4.78, 5) is 40.9. The lowest BCUT2D eigenvalue weighted by Gasteiger charge is -2.18. The van der Waals surface area contributed by atoms with Gasteiger partial charge in [0.05, 0.1) is 5.69 Å². The van der Waals surface area contributed by atoms with Gasteiger partial charge >= 0.3 is 11.8 Å². The number of amides is 3. The van der Waals surface area contributed by atoms with Crippen molar-refractivity contribution < 1.29 is 14.4 Å². The third kappa shape index (κ3) is 3.91. The van der Waals surface area contributed by atoms with E-state index in [1.54, 1.807) is 30.5 Å². The minimum atomic E-state index is -1.01. The topological polar surface area (TPSA) is 105 Å². The van der Waals surface area contributed by atoms with Crippen LogP contribution in [0.2, 0.25) is 0 Å². The van der Waals surface area contributed by atoms with Crippen LogP contribution < -0.4 is 16.0 Å². The van der Waals surface area contributed by atoms with Crippen LogP contribution in [0.15, 0.2) is 42.6 Å². The first kappa shape index (κ1) is 16.2. The zero-order chi connectivity index (χ0) is 17.0. The molecule has 0 aliphatic heterocycles. The first-order chi connectivity index (χ1) is 10.9. The third-order valence-corrected chi connectivity index (χ3v) is 2.99. The van der Waals surface area contributed by atoms with E-state index in [-0.39, 0.29) is 11.5 Å². The Morgan fingerprint density at radius 2 is 1.91 bits per heavy atom. The van der Waals surface area contributed by atoms with Crippen molar-refractivity contribution in [3.8, 4) is 0 Å². The summed E-state index contributed by atoms with van der Waals surface area (Å²) in [5.74, 6) is -2.33. The number of aromatic nitrogens is 1. The molecule has 3 N–H and O–H groups in total. The van der Waals surface area contributed by atoms with E-state index in [1.807, 2.05) is 6.92 Å². The summed E-state index contributed by atoms with van der Waals surface area (Å²) in [6.07, 6.45) is 1.56. The molecule has 118 valence electrons. The van der Waals surface area contributed by atoms with Gasteiger partial charge in [-0.15, -0.1) is 0 Å². The molecule has 0 spiro atoms. The SMILES string of the molecule is CC(=O)N(C(=O)C(=O)Nc1ccc(C)cn1)c1cccc(N)c1. The van der Waals surface area contributed by atoms with Gasteiger partial charge in [-0.25, -0.2) is 9.88 Å². The van der Waals surface area contributed by atoms with Crippen molar-refractivity contribution in [3.05, 3.63) is 48.2 Å². The average molecular weight is 312 g/mol. The molecule has 1 aromatic carbocycles. The van der Waals surface area contributed by atoms with Crippen molar-refractivity contribution in [2.75, 3.05) is 16.0 Å². The number of anilines is 3. The second kappa shape index (κ2) is 6.69. The fourth-order valence-corrected chi connectivity index (χ4v) is 1.92. The minimum Gasteiger partial charge on any atom is -0.399 e. The second-order valence-corrected chi connectivity index (χ2v) is 4.93. The molecule has 0 radical (unpaired) electrons. The summed E-state index contributed by atoms with van der Waals surface area (Å²) in [5.41, 5.74) is 7.17. The standard InChI is InChI=1S/C16H16N4O3/c1-10-6-7-14(18-9-10)19-15(22)16(23)20(11(2)21)13-5-3-4-12(17)8-13/h3-9H,17H2,1-2H3,(H,18,19,22). The second-order valence-electron chi connectivity index (χ2n) is 4.93. The van der Waals surface area contributed by atoms with Gasteiger partial charge in [0.1, 0.15) is 5.82 Å². The molecule has 0 aliphatic rings. The van der Waals surface area contributed by atoms with Crippen molar-refractivity contribution in [1.82, 2.24) is 4.98 Å². The Morgan fingerprint density at radius 1 is 1.17 bits per heavy atom. The Kier molecular flexibility index (Phi) is 4.70. The first-order valence-electron chi connectivity index (χ1n) is 6.82. The van der Waals surface area contributed by atoms with Gasteiger partial charge in [0, 0.05) is 18.8 Å². The van der Waals surface area contributed by atoms with Gasteiger partial charge in [0.2, 0.25) is 5.91 Å². The molecule has 23 heavy (non-hydrogen) atoms. The molecule has 1 heterocycles. The Hall–Kier alpha value is -3.22. The van der Waals surface area contributed by atoms with Gasteiger partial charge in [0.15, 0.2) is 0 Å². The van der Waals surface area contributed by atoms with Crippen LogP contribution in [0.3, 0.4) is 0 Å². The van der Waals surface area contributed by atoms with E-state index in [0.717, 1.165) is 10.5 Å². The van der Waals surface area contributed by atoms with Gasteiger partial charge in [-0.05, 0) is 36.8 Å². The number of nitrogens with two attached hydrogens (primary N) is 1. The van der Waals surface area contributed by atoms with Gasteiger partial charge < -0.3 is 11.1 Å². The highest BCUT2D eigenvalue weighted by Gasteiger charge is 2.27. The van der Waals surface area contributed by atoms with E-state index in [2.05, 4.69) is 10.3 Å². The Balaban J connectivity index is 2.22. The summed E-state index contributed by atoms with van der Waals surface area (Å²) in [6.45, 7) is 3.04. The number of hydrogen-bond donors (Lipinski definition) is 2. The molecule has 2 aromatic rings. The van der Waals surface area contributed by atoms with Crippen molar-refractivity contribution in [1.29, 1.82) is 0 Å². The molecule has 3 amide bonds. The van der Waals surface area contributed by atoms with Crippen molar-refractivity contribution in [3.63, 3.8) is 0 Å². The largest absolute Gasteiger partial charge is 0.399 e. The van der Waals surface area contributed by atoms with E-state index in [0.29, 0.717) is 5.69 Å². The summed E-state index contributed by atoms with van der Waals surface area (Å²) in [7, 11) is 0. The zero-order valence-electron chi connectivity index (χ0n) is 12.7. The number of hydrogen-bond acceptors (Lipinski definition) is 5. The predicted octanol–water partition coefficient (Wildman–Crippen LogP) is 1.49. The molecule has 0 saturated carbocycles. The van der Waals surface area contributed by atoms with Crippen molar-refractivity contribution in [2.45, 2.75) is 13.8 Å². The summed E-state index contributed by atoms with van der Waals surface area (Å²) >= 11 is 0.